The highest BCUT2D eigenvalue weighted by molar-refractivity contribution is 5.92. The van der Waals surface area contributed by atoms with Gasteiger partial charge in [-0.25, -0.2) is 4.39 Å². The van der Waals surface area contributed by atoms with Crippen LogP contribution < -0.4 is 5.32 Å². The van der Waals surface area contributed by atoms with E-state index in [1.54, 1.807) is 12.1 Å². The van der Waals surface area contributed by atoms with Gasteiger partial charge in [-0.05, 0) is 31.0 Å². The van der Waals surface area contributed by atoms with E-state index in [0.29, 0.717) is 18.5 Å². The number of carbonyl (C=O) groups is 1. The minimum absolute atomic E-state index is 0.156. The third kappa shape index (κ3) is 3.78. The maximum absolute atomic E-state index is 12.9. The van der Waals surface area contributed by atoms with Crippen LogP contribution in [0, 0.1) is 5.82 Å². The number of aliphatic hydroxyl groups excluding tert-OH is 1. The highest BCUT2D eigenvalue weighted by Crippen LogP contribution is 2.11. The molecule has 0 unspecified atom stereocenters. The van der Waals surface area contributed by atoms with Crippen molar-refractivity contribution >= 4 is 11.6 Å². The molecule has 0 spiro atoms. The first-order valence-corrected chi connectivity index (χ1v) is 6.09. The van der Waals surface area contributed by atoms with Gasteiger partial charge in [0.05, 0.1) is 12.6 Å². The first-order valence-electron chi connectivity index (χ1n) is 6.09. The number of rotatable bonds is 3. The Morgan fingerprint density at radius 3 is 2.83 bits per heavy atom. The van der Waals surface area contributed by atoms with Crippen molar-refractivity contribution in [1.82, 2.24) is 4.90 Å². The molecule has 0 saturated carbocycles. The van der Waals surface area contributed by atoms with Crippen molar-refractivity contribution in [3.05, 3.63) is 30.1 Å². The molecule has 1 amide bonds. The summed E-state index contributed by atoms with van der Waals surface area (Å²) in [5.74, 6) is -0.522. The summed E-state index contributed by atoms with van der Waals surface area (Å²) in [6.07, 6.45) is 1.16. The lowest BCUT2D eigenvalue weighted by Crippen LogP contribution is -2.40. The molecule has 1 fully saturated rings. The van der Waals surface area contributed by atoms with Crippen molar-refractivity contribution in [2.24, 2.45) is 0 Å². The maximum atomic E-state index is 12.9. The lowest BCUT2D eigenvalue weighted by Gasteiger charge is -2.28. The molecule has 2 rings (SSSR count). The fourth-order valence-electron chi connectivity index (χ4n) is 2.05. The number of nitrogens with one attached hydrogen (secondary N) is 1. The summed E-state index contributed by atoms with van der Waals surface area (Å²) in [5.41, 5.74) is 0.469. The van der Waals surface area contributed by atoms with Crippen LogP contribution in [-0.2, 0) is 4.79 Å². The number of halogens is 1. The second kappa shape index (κ2) is 5.93. The largest absolute Gasteiger partial charge is 0.393 e. The van der Waals surface area contributed by atoms with Gasteiger partial charge in [0.15, 0.2) is 0 Å². The smallest absolute Gasteiger partial charge is 0.238 e. The van der Waals surface area contributed by atoms with Crippen LogP contribution >= 0.6 is 0 Å². The van der Waals surface area contributed by atoms with E-state index in [-0.39, 0.29) is 24.4 Å². The average molecular weight is 252 g/mol. The Hall–Kier alpha value is -1.46. The van der Waals surface area contributed by atoms with Gasteiger partial charge < -0.3 is 10.4 Å². The van der Waals surface area contributed by atoms with Crippen LogP contribution in [0.5, 0.6) is 0 Å². The van der Waals surface area contributed by atoms with Crippen LogP contribution in [0.1, 0.15) is 12.8 Å². The molecule has 2 N–H and O–H groups in total. The van der Waals surface area contributed by atoms with Crippen molar-refractivity contribution in [1.29, 1.82) is 0 Å². The Balaban J connectivity index is 1.82. The van der Waals surface area contributed by atoms with E-state index in [1.165, 1.54) is 12.1 Å². The number of hydrogen-bond acceptors (Lipinski definition) is 3. The van der Waals surface area contributed by atoms with Gasteiger partial charge in [-0.2, -0.15) is 0 Å². The maximum Gasteiger partial charge on any atom is 0.238 e. The number of nitrogens with zero attached hydrogens (tertiary/aromatic N) is 1. The number of likely N-dealkylation sites (tertiary alicyclic amines) is 1. The molecule has 1 aromatic rings. The van der Waals surface area contributed by atoms with E-state index < -0.39 is 0 Å². The van der Waals surface area contributed by atoms with Gasteiger partial charge in [0, 0.05) is 18.8 Å². The van der Waals surface area contributed by atoms with Crippen molar-refractivity contribution in [2.75, 3.05) is 25.0 Å². The predicted octanol–water partition coefficient (Wildman–Crippen LogP) is 1.22. The number of aliphatic hydroxyl groups is 1. The number of piperidine rings is 1. The molecule has 0 bridgehead atoms. The lowest BCUT2D eigenvalue weighted by atomic mass is 10.1. The molecule has 18 heavy (non-hydrogen) atoms. The monoisotopic (exact) mass is 252 g/mol. The molecular formula is C13H17FN2O2. The Bertz CT molecular complexity index is 417. The summed E-state index contributed by atoms with van der Waals surface area (Å²) >= 11 is 0. The van der Waals surface area contributed by atoms with Crippen molar-refractivity contribution < 1.29 is 14.3 Å². The highest BCUT2D eigenvalue weighted by atomic mass is 19.1. The molecule has 1 aromatic carbocycles. The molecule has 0 radical (unpaired) electrons. The first kappa shape index (κ1) is 13.0. The van der Waals surface area contributed by atoms with Crippen molar-refractivity contribution in [2.45, 2.75) is 18.9 Å². The minimum atomic E-state index is -0.367. The first-order chi connectivity index (χ1) is 8.63. The van der Waals surface area contributed by atoms with Gasteiger partial charge in [0.25, 0.3) is 0 Å². The average Bonchev–Trinajstić information content (AvgIpc) is 2.32. The molecule has 1 heterocycles. The van der Waals surface area contributed by atoms with Crippen molar-refractivity contribution in [3.63, 3.8) is 0 Å². The molecule has 0 aromatic heterocycles. The highest BCUT2D eigenvalue weighted by Gasteiger charge is 2.18. The fourth-order valence-corrected chi connectivity index (χ4v) is 2.05. The van der Waals surface area contributed by atoms with Gasteiger partial charge in [0.1, 0.15) is 5.82 Å². The summed E-state index contributed by atoms with van der Waals surface area (Å²) < 4.78 is 12.9. The van der Waals surface area contributed by atoms with Crippen LogP contribution in [0.15, 0.2) is 24.3 Å². The Kier molecular flexibility index (Phi) is 4.28. The number of benzene rings is 1. The standard InChI is InChI=1S/C13H17FN2O2/c14-10-2-1-3-11(8-10)15-13(18)9-16-6-4-12(17)5-7-16/h1-3,8,12,17H,4-7,9H2,(H,15,18). The van der Waals surface area contributed by atoms with Gasteiger partial charge in [-0.3, -0.25) is 9.69 Å². The third-order valence-corrected chi connectivity index (χ3v) is 3.03. The van der Waals surface area contributed by atoms with E-state index in [1.807, 2.05) is 4.90 Å². The number of amides is 1. The SMILES string of the molecule is O=C(CN1CCC(O)CC1)Nc1cccc(F)c1. The number of hydrogen-bond donors (Lipinski definition) is 2. The van der Waals surface area contributed by atoms with E-state index in [9.17, 15) is 14.3 Å². The summed E-state index contributed by atoms with van der Waals surface area (Å²) in [4.78, 5) is 13.7. The molecule has 5 heteroatoms. The number of anilines is 1. The Morgan fingerprint density at radius 1 is 1.44 bits per heavy atom. The normalized spacial score (nSPS) is 17.7. The van der Waals surface area contributed by atoms with E-state index in [4.69, 9.17) is 0 Å². The number of carbonyl (C=O) groups excluding carboxylic acids is 1. The predicted molar refractivity (Wildman–Crippen MR) is 66.7 cm³/mol. The Labute approximate surface area is 105 Å². The molecule has 0 aliphatic carbocycles. The molecule has 4 nitrogen and oxygen atoms in total. The topological polar surface area (TPSA) is 52.6 Å². The van der Waals surface area contributed by atoms with E-state index >= 15 is 0 Å². The van der Waals surface area contributed by atoms with Crippen LogP contribution in [0.25, 0.3) is 0 Å². The second-order valence-electron chi connectivity index (χ2n) is 4.57. The quantitative estimate of drug-likeness (QED) is 0.850. The van der Waals surface area contributed by atoms with Crippen LogP contribution in [0.4, 0.5) is 10.1 Å². The molecule has 1 saturated heterocycles. The second-order valence-corrected chi connectivity index (χ2v) is 4.57. The zero-order valence-electron chi connectivity index (χ0n) is 10.1. The summed E-state index contributed by atoms with van der Waals surface area (Å²) in [7, 11) is 0. The van der Waals surface area contributed by atoms with Crippen LogP contribution in [0.3, 0.4) is 0 Å². The summed E-state index contributed by atoms with van der Waals surface area (Å²) in [5, 5.41) is 12.0. The van der Waals surface area contributed by atoms with Gasteiger partial charge in [-0.15, -0.1) is 0 Å². The molecular weight excluding hydrogens is 235 g/mol. The van der Waals surface area contributed by atoms with Gasteiger partial charge in [0.2, 0.25) is 5.91 Å². The fraction of sp³-hybridized carbons (Fsp3) is 0.462. The Morgan fingerprint density at radius 2 is 2.17 bits per heavy atom. The van der Waals surface area contributed by atoms with E-state index in [0.717, 1.165) is 13.1 Å². The van der Waals surface area contributed by atoms with Crippen molar-refractivity contribution in [3.8, 4) is 0 Å². The summed E-state index contributed by atoms with van der Waals surface area (Å²) in [6, 6.07) is 5.84. The van der Waals surface area contributed by atoms with Gasteiger partial charge >= 0.3 is 0 Å². The lowest BCUT2D eigenvalue weighted by molar-refractivity contribution is -0.117. The minimum Gasteiger partial charge on any atom is -0.393 e. The van der Waals surface area contributed by atoms with Gasteiger partial charge in [-0.1, -0.05) is 6.07 Å². The summed E-state index contributed by atoms with van der Waals surface area (Å²) in [6.45, 7) is 1.72. The zero-order chi connectivity index (χ0) is 13.0. The van der Waals surface area contributed by atoms with Crippen LogP contribution in [0.2, 0.25) is 0 Å². The molecule has 1 aliphatic rings. The molecule has 0 atom stereocenters. The zero-order valence-corrected chi connectivity index (χ0v) is 10.1. The van der Waals surface area contributed by atoms with E-state index in [2.05, 4.69) is 5.32 Å². The third-order valence-electron chi connectivity index (χ3n) is 3.03. The molecule has 98 valence electrons. The van der Waals surface area contributed by atoms with Crippen LogP contribution in [-0.4, -0.2) is 41.7 Å². The molecule has 1 aliphatic heterocycles.